The number of carbonyl (C=O) groups excluding carboxylic acids is 1. The summed E-state index contributed by atoms with van der Waals surface area (Å²) in [4.78, 5) is 14.6. The maximum atomic E-state index is 12.4. The van der Waals surface area contributed by atoms with Crippen LogP contribution in [0.15, 0.2) is 16.8 Å². The van der Waals surface area contributed by atoms with Crippen LogP contribution in [-0.4, -0.2) is 50.0 Å². The van der Waals surface area contributed by atoms with Crippen LogP contribution in [0.5, 0.6) is 0 Å². The van der Waals surface area contributed by atoms with Gasteiger partial charge in [0.05, 0.1) is 24.4 Å². The molecule has 1 saturated heterocycles. The molecule has 3 rings (SSSR count). The van der Waals surface area contributed by atoms with Gasteiger partial charge in [-0.15, -0.1) is 0 Å². The van der Waals surface area contributed by atoms with Gasteiger partial charge < -0.3 is 14.9 Å². The maximum absolute atomic E-state index is 12.4. The van der Waals surface area contributed by atoms with Crippen LogP contribution in [-0.2, 0) is 13.6 Å². The van der Waals surface area contributed by atoms with Crippen LogP contribution in [0.4, 0.5) is 0 Å². The Kier molecular flexibility index (Phi) is 5.19. The van der Waals surface area contributed by atoms with Gasteiger partial charge in [-0.2, -0.15) is 5.10 Å². The lowest BCUT2D eigenvalue weighted by atomic mass is 10.1. The Labute approximate surface area is 146 Å². The molecule has 0 aromatic carbocycles. The Bertz CT molecular complexity index is 730. The van der Waals surface area contributed by atoms with Gasteiger partial charge in [0, 0.05) is 38.0 Å². The molecular formula is C17H25N5O3. The molecule has 0 aliphatic carbocycles. The standard InChI is InChI=1S/C17H25N5O3/c1-11(15-10-21(3)19-12(15)2)18-17(24)16-8-14(25-20-16)9-22-6-4-13(23)5-7-22/h8,10-11,13,23H,4-7,9H2,1-3H3,(H,18,24)/t11-/m1/s1. The van der Waals surface area contributed by atoms with E-state index in [4.69, 9.17) is 4.52 Å². The molecule has 1 atom stereocenters. The van der Waals surface area contributed by atoms with Gasteiger partial charge in [-0.05, 0) is 26.7 Å². The molecule has 0 unspecified atom stereocenters. The first-order chi connectivity index (χ1) is 11.9. The van der Waals surface area contributed by atoms with Crippen molar-refractivity contribution < 1.29 is 14.4 Å². The van der Waals surface area contributed by atoms with E-state index in [1.54, 1.807) is 10.7 Å². The molecule has 1 aliphatic heterocycles. The molecule has 0 radical (unpaired) electrons. The lowest BCUT2D eigenvalue weighted by Gasteiger charge is -2.28. The van der Waals surface area contributed by atoms with Crippen molar-refractivity contribution in [2.45, 2.75) is 45.4 Å². The summed E-state index contributed by atoms with van der Waals surface area (Å²) in [6, 6.07) is 1.52. The number of aliphatic hydroxyl groups excluding tert-OH is 1. The van der Waals surface area contributed by atoms with Gasteiger partial charge in [0.25, 0.3) is 5.91 Å². The fourth-order valence-electron chi connectivity index (χ4n) is 3.18. The minimum absolute atomic E-state index is 0.162. The first-order valence-electron chi connectivity index (χ1n) is 8.59. The van der Waals surface area contributed by atoms with Crippen LogP contribution < -0.4 is 5.32 Å². The monoisotopic (exact) mass is 347 g/mol. The number of hydrogen-bond acceptors (Lipinski definition) is 6. The van der Waals surface area contributed by atoms with Gasteiger partial charge in [0.15, 0.2) is 11.5 Å². The highest BCUT2D eigenvalue weighted by atomic mass is 16.5. The topological polar surface area (TPSA) is 96.4 Å². The smallest absolute Gasteiger partial charge is 0.273 e. The largest absolute Gasteiger partial charge is 0.393 e. The minimum Gasteiger partial charge on any atom is -0.393 e. The average molecular weight is 347 g/mol. The van der Waals surface area contributed by atoms with Crippen molar-refractivity contribution in [3.05, 3.63) is 35.0 Å². The first kappa shape index (κ1) is 17.6. The summed E-state index contributed by atoms with van der Waals surface area (Å²) in [5.41, 5.74) is 2.15. The molecular weight excluding hydrogens is 322 g/mol. The van der Waals surface area contributed by atoms with Crippen LogP contribution in [0.2, 0.25) is 0 Å². The molecule has 8 nitrogen and oxygen atoms in total. The summed E-state index contributed by atoms with van der Waals surface area (Å²) < 4.78 is 7.03. The quantitative estimate of drug-likeness (QED) is 0.843. The normalized spacial score (nSPS) is 17.6. The molecule has 8 heteroatoms. The molecule has 2 aromatic heterocycles. The number of likely N-dealkylation sites (tertiary alicyclic amines) is 1. The molecule has 0 saturated carbocycles. The number of hydrogen-bond donors (Lipinski definition) is 2. The molecule has 0 bridgehead atoms. The summed E-state index contributed by atoms with van der Waals surface area (Å²) in [5, 5.41) is 20.7. The van der Waals surface area contributed by atoms with Gasteiger partial charge in [-0.1, -0.05) is 5.16 Å². The molecule has 1 aliphatic rings. The highest BCUT2D eigenvalue weighted by Crippen LogP contribution is 2.17. The molecule has 25 heavy (non-hydrogen) atoms. The lowest BCUT2D eigenvalue weighted by Crippen LogP contribution is -2.35. The van der Waals surface area contributed by atoms with Crippen LogP contribution in [0.3, 0.4) is 0 Å². The lowest BCUT2D eigenvalue weighted by molar-refractivity contribution is 0.0748. The van der Waals surface area contributed by atoms with E-state index in [1.165, 1.54) is 0 Å². The molecule has 1 fully saturated rings. The van der Waals surface area contributed by atoms with E-state index >= 15 is 0 Å². The van der Waals surface area contributed by atoms with Crippen LogP contribution in [0.25, 0.3) is 0 Å². The summed E-state index contributed by atoms with van der Waals surface area (Å²) in [5.74, 6) is 0.395. The zero-order valence-corrected chi connectivity index (χ0v) is 14.9. The van der Waals surface area contributed by atoms with Gasteiger partial charge in [0.2, 0.25) is 0 Å². The Hall–Kier alpha value is -2.19. The van der Waals surface area contributed by atoms with E-state index in [-0.39, 0.29) is 23.7 Å². The van der Waals surface area contributed by atoms with Crippen molar-refractivity contribution in [2.24, 2.45) is 7.05 Å². The number of nitrogens with one attached hydrogen (secondary N) is 1. The number of aromatic nitrogens is 3. The molecule has 136 valence electrons. The van der Waals surface area contributed by atoms with Crippen molar-refractivity contribution in [1.82, 2.24) is 25.2 Å². The Morgan fingerprint density at radius 2 is 2.20 bits per heavy atom. The molecule has 3 heterocycles. The summed E-state index contributed by atoms with van der Waals surface area (Å²) in [6.45, 7) is 6.08. The Morgan fingerprint density at radius 1 is 1.48 bits per heavy atom. The second kappa shape index (κ2) is 7.37. The van der Waals surface area contributed by atoms with Gasteiger partial charge in [-0.3, -0.25) is 14.4 Å². The van der Waals surface area contributed by atoms with Crippen molar-refractivity contribution in [3.8, 4) is 0 Å². The SMILES string of the molecule is Cc1nn(C)cc1[C@@H](C)NC(=O)c1cc(CN2CCC(O)CC2)on1. The summed E-state index contributed by atoms with van der Waals surface area (Å²) >= 11 is 0. The predicted octanol–water partition coefficient (Wildman–Crippen LogP) is 1.16. The number of nitrogens with zero attached hydrogens (tertiary/aromatic N) is 4. The highest BCUT2D eigenvalue weighted by Gasteiger charge is 2.21. The third kappa shape index (κ3) is 4.26. The van der Waals surface area contributed by atoms with Crippen LogP contribution in [0, 0.1) is 6.92 Å². The zero-order valence-electron chi connectivity index (χ0n) is 14.9. The zero-order chi connectivity index (χ0) is 18.0. The van der Waals surface area contributed by atoms with Gasteiger partial charge in [-0.25, -0.2) is 0 Å². The van der Waals surface area contributed by atoms with Crippen LogP contribution >= 0.6 is 0 Å². The molecule has 0 spiro atoms. The third-order valence-electron chi connectivity index (χ3n) is 4.59. The predicted molar refractivity (Wildman–Crippen MR) is 90.8 cm³/mol. The Morgan fingerprint density at radius 3 is 2.84 bits per heavy atom. The van der Waals surface area contributed by atoms with Crippen LogP contribution in [0.1, 0.15) is 53.3 Å². The van der Waals surface area contributed by atoms with Crippen molar-refractivity contribution in [3.63, 3.8) is 0 Å². The second-order valence-corrected chi connectivity index (χ2v) is 6.72. The van der Waals surface area contributed by atoms with E-state index in [0.29, 0.717) is 12.3 Å². The second-order valence-electron chi connectivity index (χ2n) is 6.72. The number of carbonyl (C=O) groups is 1. The molecule has 2 N–H and O–H groups in total. The number of amides is 1. The maximum Gasteiger partial charge on any atom is 0.273 e. The third-order valence-corrected chi connectivity index (χ3v) is 4.59. The van der Waals surface area contributed by atoms with Crippen molar-refractivity contribution in [2.75, 3.05) is 13.1 Å². The number of rotatable bonds is 5. The van der Waals surface area contributed by atoms with E-state index in [1.807, 2.05) is 27.1 Å². The fraction of sp³-hybridized carbons (Fsp3) is 0.588. The summed E-state index contributed by atoms with van der Waals surface area (Å²) in [6.07, 6.45) is 3.23. The summed E-state index contributed by atoms with van der Waals surface area (Å²) in [7, 11) is 1.86. The van der Waals surface area contributed by atoms with Gasteiger partial charge in [0.1, 0.15) is 0 Å². The van der Waals surface area contributed by atoms with E-state index < -0.39 is 0 Å². The number of piperidine rings is 1. The van der Waals surface area contributed by atoms with E-state index in [2.05, 4.69) is 20.5 Å². The molecule has 1 amide bonds. The number of aryl methyl sites for hydroxylation is 2. The van der Waals surface area contributed by atoms with E-state index in [0.717, 1.165) is 37.2 Å². The van der Waals surface area contributed by atoms with Crippen molar-refractivity contribution >= 4 is 5.91 Å². The highest BCUT2D eigenvalue weighted by molar-refractivity contribution is 5.92. The van der Waals surface area contributed by atoms with E-state index in [9.17, 15) is 9.90 Å². The van der Waals surface area contributed by atoms with Gasteiger partial charge >= 0.3 is 0 Å². The fourth-order valence-corrected chi connectivity index (χ4v) is 3.18. The average Bonchev–Trinajstić information content (AvgIpc) is 3.16. The number of aliphatic hydroxyl groups is 1. The van der Waals surface area contributed by atoms with Crippen molar-refractivity contribution in [1.29, 1.82) is 0 Å². The minimum atomic E-state index is -0.264. The Balaban J connectivity index is 1.58. The molecule has 2 aromatic rings. The first-order valence-corrected chi connectivity index (χ1v) is 8.59.